The van der Waals surface area contributed by atoms with Gasteiger partial charge in [-0.15, -0.1) is 0 Å². The van der Waals surface area contributed by atoms with Crippen LogP contribution < -0.4 is 5.32 Å². The van der Waals surface area contributed by atoms with Gasteiger partial charge in [0.15, 0.2) is 0 Å². The fourth-order valence-electron chi connectivity index (χ4n) is 2.52. The molecule has 1 aromatic carbocycles. The molecule has 4 heteroatoms. The molecule has 1 aromatic rings. The van der Waals surface area contributed by atoms with Gasteiger partial charge in [-0.05, 0) is 22.6 Å². The number of hydrogen-bond acceptors (Lipinski definition) is 3. The van der Waals surface area contributed by atoms with Crippen LogP contribution in [0.15, 0.2) is 30.3 Å². The van der Waals surface area contributed by atoms with Gasteiger partial charge in [-0.2, -0.15) is 12.6 Å². The lowest BCUT2D eigenvalue weighted by Gasteiger charge is -2.36. The third-order valence-electron chi connectivity index (χ3n) is 3.73. The Morgan fingerprint density at radius 2 is 2.21 bits per heavy atom. The van der Waals surface area contributed by atoms with Crippen molar-refractivity contribution in [2.75, 3.05) is 0 Å². The Hall–Kier alpha value is -1.26. The van der Waals surface area contributed by atoms with E-state index in [0.29, 0.717) is 5.92 Å². The van der Waals surface area contributed by atoms with Crippen LogP contribution in [0, 0.1) is 5.92 Å². The molecule has 102 valence electrons. The van der Waals surface area contributed by atoms with Crippen LogP contribution >= 0.6 is 12.6 Å². The van der Waals surface area contributed by atoms with E-state index in [1.54, 1.807) is 0 Å². The van der Waals surface area contributed by atoms with Crippen molar-refractivity contribution in [1.29, 1.82) is 0 Å². The van der Waals surface area contributed by atoms with Gasteiger partial charge in [0.1, 0.15) is 0 Å². The molecule has 0 aliphatic carbocycles. The lowest BCUT2D eigenvalue weighted by atomic mass is 9.83. The van der Waals surface area contributed by atoms with Gasteiger partial charge in [0.25, 0.3) is 0 Å². The highest BCUT2D eigenvalue weighted by Crippen LogP contribution is 2.37. The predicted molar refractivity (Wildman–Crippen MR) is 80.2 cm³/mol. The molecule has 2 rings (SSSR count). The van der Waals surface area contributed by atoms with Crippen molar-refractivity contribution >= 4 is 24.2 Å². The molecule has 0 radical (unpaired) electrons. The summed E-state index contributed by atoms with van der Waals surface area (Å²) in [5.74, 6) is -0.550. The van der Waals surface area contributed by atoms with Gasteiger partial charge in [0, 0.05) is 12.1 Å². The maximum absolute atomic E-state index is 11.1. The average Bonchev–Trinajstić information content (AvgIpc) is 2.40. The largest absolute Gasteiger partial charge is 0.478 e. The highest BCUT2D eigenvalue weighted by molar-refractivity contribution is 7.80. The minimum absolute atomic E-state index is 0.0264. The van der Waals surface area contributed by atoms with E-state index in [2.05, 4.69) is 31.8 Å². The van der Waals surface area contributed by atoms with E-state index in [-0.39, 0.29) is 11.4 Å². The Labute approximate surface area is 119 Å². The number of fused-ring (bicyclic) bond motifs is 1. The van der Waals surface area contributed by atoms with Crippen molar-refractivity contribution in [2.45, 2.75) is 31.7 Å². The summed E-state index contributed by atoms with van der Waals surface area (Å²) in [6.45, 7) is 4.24. The van der Waals surface area contributed by atoms with Crippen molar-refractivity contribution in [1.82, 2.24) is 5.32 Å². The number of hydrogen-bond donors (Lipinski definition) is 3. The second-order valence-electron chi connectivity index (χ2n) is 4.96. The Morgan fingerprint density at radius 3 is 2.84 bits per heavy atom. The fraction of sp³-hybridized carbons (Fsp3) is 0.400. The molecule has 1 aliphatic heterocycles. The van der Waals surface area contributed by atoms with Crippen LogP contribution in [0.2, 0.25) is 0 Å². The first kappa shape index (κ1) is 14.2. The number of carbonyl (C=O) groups is 1. The lowest BCUT2D eigenvalue weighted by molar-refractivity contribution is -0.131. The van der Waals surface area contributed by atoms with Gasteiger partial charge >= 0.3 is 5.97 Å². The molecule has 19 heavy (non-hydrogen) atoms. The summed E-state index contributed by atoms with van der Waals surface area (Å²) in [6, 6.07) is 7.88. The number of benzene rings is 1. The molecular weight excluding hydrogens is 258 g/mol. The number of aliphatic carboxylic acids is 1. The van der Waals surface area contributed by atoms with Gasteiger partial charge in [-0.25, -0.2) is 4.79 Å². The van der Waals surface area contributed by atoms with E-state index in [1.165, 1.54) is 6.08 Å². The van der Waals surface area contributed by atoms with E-state index in [1.807, 2.05) is 24.3 Å². The van der Waals surface area contributed by atoms with Crippen LogP contribution in [0.25, 0.3) is 5.57 Å². The van der Waals surface area contributed by atoms with Gasteiger partial charge in [-0.1, -0.05) is 44.5 Å². The van der Waals surface area contributed by atoms with Crippen LogP contribution in [0.5, 0.6) is 0 Å². The summed E-state index contributed by atoms with van der Waals surface area (Å²) in [5, 5.41) is 12.5. The lowest BCUT2D eigenvalue weighted by Crippen LogP contribution is -2.41. The second-order valence-corrected chi connectivity index (χ2v) is 5.47. The molecular formula is C15H19NO2S. The summed E-state index contributed by atoms with van der Waals surface area (Å²) in [5.41, 5.74) is 2.88. The minimum Gasteiger partial charge on any atom is -0.478 e. The first-order chi connectivity index (χ1) is 9.04. The van der Waals surface area contributed by atoms with E-state index in [0.717, 1.165) is 23.1 Å². The van der Waals surface area contributed by atoms with Crippen LogP contribution in [0.1, 0.15) is 36.8 Å². The zero-order chi connectivity index (χ0) is 14.0. The van der Waals surface area contributed by atoms with E-state index < -0.39 is 5.97 Å². The van der Waals surface area contributed by atoms with Gasteiger partial charge in [0.2, 0.25) is 0 Å². The SMILES string of the molecule is CCC(C)C1NC(S)c2ccccc2/C1=C\C(=O)O. The quantitative estimate of drug-likeness (QED) is 0.588. The second kappa shape index (κ2) is 5.80. The van der Waals surface area contributed by atoms with E-state index in [9.17, 15) is 4.79 Å². The Kier molecular flexibility index (Phi) is 4.32. The predicted octanol–water partition coefficient (Wildman–Crippen LogP) is 3.10. The van der Waals surface area contributed by atoms with Gasteiger partial charge < -0.3 is 5.11 Å². The molecule has 3 unspecified atom stereocenters. The number of nitrogens with one attached hydrogen (secondary N) is 1. The molecule has 0 saturated heterocycles. The summed E-state index contributed by atoms with van der Waals surface area (Å²) in [6.07, 6.45) is 2.31. The van der Waals surface area contributed by atoms with Crippen molar-refractivity contribution in [2.24, 2.45) is 5.92 Å². The van der Waals surface area contributed by atoms with Crippen LogP contribution in [-0.2, 0) is 4.79 Å². The molecule has 3 nitrogen and oxygen atoms in total. The fourth-order valence-corrected chi connectivity index (χ4v) is 2.91. The molecule has 0 aromatic heterocycles. The monoisotopic (exact) mass is 277 g/mol. The molecule has 0 saturated carbocycles. The Morgan fingerprint density at radius 1 is 1.53 bits per heavy atom. The average molecular weight is 277 g/mol. The van der Waals surface area contributed by atoms with Crippen molar-refractivity contribution in [3.05, 3.63) is 41.5 Å². The molecule has 1 heterocycles. The van der Waals surface area contributed by atoms with Gasteiger partial charge in [-0.3, -0.25) is 5.32 Å². The zero-order valence-electron chi connectivity index (χ0n) is 11.1. The Bertz CT molecular complexity index is 513. The van der Waals surface area contributed by atoms with Crippen LogP contribution in [-0.4, -0.2) is 17.1 Å². The van der Waals surface area contributed by atoms with Crippen molar-refractivity contribution in [3.8, 4) is 0 Å². The molecule has 3 atom stereocenters. The maximum atomic E-state index is 11.1. The summed E-state index contributed by atoms with van der Waals surface area (Å²) < 4.78 is 0. The summed E-state index contributed by atoms with van der Waals surface area (Å²) in [7, 11) is 0. The molecule has 0 fully saturated rings. The maximum Gasteiger partial charge on any atom is 0.328 e. The number of thiol groups is 1. The number of carboxylic acids is 1. The first-order valence-corrected chi connectivity index (χ1v) is 7.04. The third kappa shape index (κ3) is 2.85. The molecule has 0 amide bonds. The van der Waals surface area contributed by atoms with E-state index in [4.69, 9.17) is 5.11 Å². The molecule has 0 spiro atoms. The molecule has 2 N–H and O–H groups in total. The highest BCUT2D eigenvalue weighted by atomic mass is 32.1. The minimum atomic E-state index is -0.905. The standard InChI is InChI=1S/C15H19NO2S/c1-3-9(2)14-12(8-13(17)18)10-6-4-5-7-11(10)15(19)16-14/h4-9,14-16,19H,3H2,1-2H3,(H,17,18)/b12-8+. The van der Waals surface area contributed by atoms with Crippen LogP contribution in [0.3, 0.4) is 0 Å². The summed E-state index contributed by atoms with van der Waals surface area (Å²) >= 11 is 4.58. The third-order valence-corrected chi connectivity index (χ3v) is 4.16. The number of rotatable bonds is 3. The van der Waals surface area contributed by atoms with Crippen LogP contribution in [0.4, 0.5) is 0 Å². The van der Waals surface area contributed by atoms with Crippen molar-refractivity contribution < 1.29 is 9.90 Å². The zero-order valence-corrected chi connectivity index (χ0v) is 12.0. The number of carboxylic acid groups (broad SMARTS) is 1. The highest BCUT2D eigenvalue weighted by Gasteiger charge is 2.31. The van der Waals surface area contributed by atoms with E-state index >= 15 is 0 Å². The normalized spacial score (nSPS) is 25.9. The smallest absolute Gasteiger partial charge is 0.328 e. The Balaban J connectivity index is 2.53. The molecule has 1 aliphatic rings. The summed E-state index contributed by atoms with van der Waals surface area (Å²) in [4.78, 5) is 11.1. The topological polar surface area (TPSA) is 49.3 Å². The van der Waals surface area contributed by atoms with Crippen molar-refractivity contribution in [3.63, 3.8) is 0 Å². The first-order valence-electron chi connectivity index (χ1n) is 6.52. The van der Waals surface area contributed by atoms with Gasteiger partial charge in [0.05, 0.1) is 5.37 Å². The molecule has 0 bridgehead atoms.